The molecular formula is C7H10N2O3S. The van der Waals surface area contributed by atoms with Gasteiger partial charge in [-0.05, 0) is 19.1 Å². The fourth-order valence-corrected chi connectivity index (χ4v) is 1.55. The second-order valence-electron chi connectivity index (χ2n) is 2.67. The van der Waals surface area contributed by atoms with Crippen molar-refractivity contribution >= 4 is 29.2 Å². The third kappa shape index (κ3) is 1.95. The number of carboxylic acids is 1. The Balaban J connectivity index is 2.67. The van der Waals surface area contributed by atoms with Gasteiger partial charge in [-0.2, -0.15) is 0 Å². The Morgan fingerprint density at radius 1 is 1.69 bits per heavy atom. The second kappa shape index (κ2) is 3.69. The Morgan fingerprint density at radius 3 is 2.69 bits per heavy atom. The van der Waals surface area contributed by atoms with Crippen molar-refractivity contribution in [3.63, 3.8) is 0 Å². The van der Waals surface area contributed by atoms with Crippen LogP contribution in [-0.2, 0) is 9.59 Å². The summed E-state index contributed by atoms with van der Waals surface area (Å²) < 4.78 is 0. The molecule has 0 aliphatic carbocycles. The third-order valence-corrected chi connectivity index (χ3v) is 2.25. The van der Waals surface area contributed by atoms with Crippen molar-refractivity contribution in [1.29, 1.82) is 0 Å². The maximum atomic E-state index is 11.2. The molecule has 0 aromatic carbocycles. The summed E-state index contributed by atoms with van der Waals surface area (Å²) in [5, 5.41) is 8.82. The molecule has 0 aromatic heterocycles. The van der Waals surface area contributed by atoms with Gasteiger partial charge in [0.15, 0.2) is 5.11 Å². The van der Waals surface area contributed by atoms with Crippen LogP contribution in [0.5, 0.6) is 0 Å². The Morgan fingerprint density at radius 2 is 2.31 bits per heavy atom. The molecule has 1 aliphatic heterocycles. The van der Waals surface area contributed by atoms with Crippen LogP contribution in [0.4, 0.5) is 0 Å². The van der Waals surface area contributed by atoms with E-state index in [-0.39, 0.29) is 19.0 Å². The van der Waals surface area contributed by atoms with Gasteiger partial charge in [0.05, 0.1) is 0 Å². The van der Waals surface area contributed by atoms with E-state index in [1.807, 2.05) is 0 Å². The predicted octanol–water partition coefficient (Wildman–Crippen LogP) is -0.480. The number of aliphatic carboxylic acids is 1. The zero-order valence-corrected chi connectivity index (χ0v) is 8.00. The molecule has 1 N–H and O–H groups in total. The molecular weight excluding hydrogens is 192 g/mol. The van der Waals surface area contributed by atoms with Crippen molar-refractivity contribution in [3.8, 4) is 0 Å². The summed E-state index contributed by atoms with van der Waals surface area (Å²) in [6.45, 7) is 2.17. The quantitative estimate of drug-likeness (QED) is 0.626. The minimum atomic E-state index is -0.979. The Kier molecular flexibility index (Phi) is 2.82. The normalized spacial score (nSPS) is 17.0. The largest absolute Gasteiger partial charge is 0.480 e. The first-order valence-electron chi connectivity index (χ1n) is 3.87. The average Bonchev–Trinajstić information content (AvgIpc) is 2.26. The molecule has 0 saturated carbocycles. The molecule has 1 rings (SSSR count). The predicted molar refractivity (Wildman–Crippen MR) is 49.2 cm³/mol. The van der Waals surface area contributed by atoms with Crippen molar-refractivity contribution in [3.05, 3.63) is 0 Å². The number of carbonyl (C=O) groups is 2. The van der Waals surface area contributed by atoms with Gasteiger partial charge in [-0.25, -0.2) is 0 Å². The minimum absolute atomic E-state index is 0.0823. The minimum Gasteiger partial charge on any atom is -0.480 e. The molecule has 6 heteroatoms. The highest BCUT2D eigenvalue weighted by Gasteiger charge is 2.32. The number of carboxylic acid groups (broad SMARTS) is 1. The number of rotatable bonds is 3. The summed E-state index contributed by atoms with van der Waals surface area (Å²) in [4.78, 5) is 24.4. The maximum Gasteiger partial charge on any atom is 0.323 e. The number of thiocarbonyl (C=S) groups is 1. The van der Waals surface area contributed by atoms with E-state index in [9.17, 15) is 9.59 Å². The number of hydrogen-bond acceptors (Lipinski definition) is 3. The van der Waals surface area contributed by atoms with Crippen LogP contribution in [0.3, 0.4) is 0 Å². The first-order chi connectivity index (χ1) is 6.06. The van der Waals surface area contributed by atoms with Gasteiger partial charge in [0, 0.05) is 6.54 Å². The molecule has 0 atom stereocenters. The lowest BCUT2D eigenvalue weighted by Crippen LogP contribution is -2.35. The van der Waals surface area contributed by atoms with E-state index in [1.165, 1.54) is 9.80 Å². The Labute approximate surface area is 80.9 Å². The summed E-state index contributed by atoms with van der Waals surface area (Å²) in [6.07, 6.45) is 0. The molecule has 0 aromatic rings. The van der Waals surface area contributed by atoms with Crippen LogP contribution in [0.25, 0.3) is 0 Å². The molecule has 0 bridgehead atoms. The Hall–Kier alpha value is -1.17. The van der Waals surface area contributed by atoms with Crippen LogP contribution in [-0.4, -0.2) is 51.5 Å². The molecule has 1 heterocycles. The van der Waals surface area contributed by atoms with Crippen molar-refractivity contribution < 1.29 is 14.7 Å². The number of hydrogen-bond donors (Lipinski definition) is 1. The van der Waals surface area contributed by atoms with Gasteiger partial charge in [0.1, 0.15) is 13.1 Å². The fourth-order valence-electron chi connectivity index (χ4n) is 1.19. The van der Waals surface area contributed by atoms with Gasteiger partial charge in [-0.1, -0.05) is 0 Å². The van der Waals surface area contributed by atoms with Crippen LogP contribution in [0.2, 0.25) is 0 Å². The fraction of sp³-hybridized carbons (Fsp3) is 0.571. The first-order valence-corrected chi connectivity index (χ1v) is 4.28. The van der Waals surface area contributed by atoms with E-state index in [2.05, 4.69) is 0 Å². The lowest BCUT2D eigenvalue weighted by Gasteiger charge is -2.16. The van der Waals surface area contributed by atoms with E-state index in [1.54, 1.807) is 6.92 Å². The molecule has 0 unspecified atom stereocenters. The van der Waals surface area contributed by atoms with Gasteiger partial charge in [-0.3, -0.25) is 14.5 Å². The third-order valence-electron chi connectivity index (χ3n) is 1.77. The summed E-state index contributed by atoms with van der Waals surface area (Å²) in [5.74, 6) is -1.11. The molecule has 5 nitrogen and oxygen atoms in total. The Bertz CT molecular complexity index is 266. The first kappa shape index (κ1) is 9.91. The summed E-state index contributed by atoms with van der Waals surface area (Å²) >= 11 is 4.92. The van der Waals surface area contributed by atoms with E-state index < -0.39 is 5.97 Å². The van der Waals surface area contributed by atoms with Crippen LogP contribution < -0.4 is 0 Å². The lowest BCUT2D eigenvalue weighted by atomic mass is 10.5. The van der Waals surface area contributed by atoms with Gasteiger partial charge in [-0.15, -0.1) is 0 Å². The monoisotopic (exact) mass is 202 g/mol. The van der Waals surface area contributed by atoms with Gasteiger partial charge in [0.25, 0.3) is 0 Å². The molecule has 72 valence electrons. The van der Waals surface area contributed by atoms with E-state index in [0.717, 1.165) is 0 Å². The number of carbonyl (C=O) groups excluding carboxylic acids is 1. The van der Waals surface area contributed by atoms with Crippen LogP contribution in [0.15, 0.2) is 0 Å². The van der Waals surface area contributed by atoms with Crippen molar-refractivity contribution in [2.24, 2.45) is 0 Å². The molecule has 0 spiro atoms. The highest BCUT2D eigenvalue weighted by molar-refractivity contribution is 7.80. The topological polar surface area (TPSA) is 60.9 Å². The zero-order valence-electron chi connectivity index (χ0n) is 7.19. The standard InChI is InChI=1S/C7H10N2O3S/c1-2-9-5(10)3-8(7(9)13)4-6(11)12/h2-4H2,1H3,(H,11,12). The summed E-state index contributed by atoms with van der Waals surface area (Å²) in [7, 11) is 0. The number of nitrogens with zero attached hydrogens (tertiary/aromatic N) is 2. The second-order valence-corrected chi connectivity index (χ2v) is 3.04. The molecule has 0 radical (unpaired) electrons. The molecule has 13 heavy (non-hydrogen) atoms. The number of likely N-dealkylation sites (N-methyl/N-ethyl adjacent to an activating group) is 1. The maximum absolute atomic E-state index is 11.2. The van der Waals surface area contributed by atoms with Gasteiger partial charge >= 0.3 is 5.97 Å². The highest BCUT2D eigenvalue weighted by atomic mass is 32.1. The van der Waals surface area contributed by atoms with Gasteiger partial charge < -0.3 is 10.0 Å². The zero-order chi connectivity index (χ0) is 10.0. The summed E-state index contributed by atoms with van der Waals surface area (Å²) in [5.41, 5.74) is 0. The number of amides is 1. The van der Waals surface area contributed by atoms with Crippen LogP contribution in [0, 0.1) is 0 Å². The van der Waals surface area contributed by atoms with Crippen molar-refractivity contribution in [1.82, 2.24) is 9.80 Å². The van der Waals surface area contributed by atoms with E-state index in [4.69, 9.17) is 17.3 Å². The lowest BCUT2D eigenvalue weighted by molar-refractivity contribution is -0.137. The summed E-state index contributed by atoms with van der Waals surface area (Å²) in [6, 6.07) is 0. The van der Waals surface area contributed by atoms with E-state index in [0.29, 0.717) is 11.7 Å². The molecule has 1 fully saturated rings. The molecule has 1 saturated heterocycles. The van der Waals surface area contributed by atoms with Crippen LogP contribution in [0.1, 0.15) is 6.92 Å². The van der Waals surface area contributed by atoms with E-state index >= 15 is 0 Å². The highest BCUT2D eigenvalue weighted by Crippen LogP contribution is 2.09. The smallest absolute Gasteiger partial charge is 0.323 e. The molecule has 1 amide bonds. The van der Waals surface area contributed by atoms with Crippen molar-refractivity contribution in [2.75, 3.05) is 19.6 Å². The SMILES string of the molecule is CCN1C(=O)CN(CC(=O)O)C1=S. The van der Waals surface area contributed by atoms with Crippen molar-refractivity contribution in [2.45, 2.75) is 6.92 Å². The molecule has 1 aliphatic rings. The van der Waals surface area contributed by atoms with Crippen LogP contribution >= 0.6 is 12.2 Å². The van der Waals surface area contributed by atoms with Gasteiger partial charge in [0.2, 0.25) is 5.91 Å². The average molecular weight is 202 g/mol.